The number of phenolic OH excluding ortho intramolecular Hbond substituents is 2. The number of amides is 2. The van der Waals surface area contributed by atoms with Gasteiger partial charge in [0.05, 0.1) is 24.3 Å². The van der Waals surface area contributed by atoms with Crippen molar-refractivity contribution in [2.24, 2.45) is 5.92 Å². The van der Waals surface area contributed by atoms with Crippen molar-refractivity contribution in [1.82, 2.24) is 5.32 Å². The van der Waals surface area contributed by atoms with Gasteiger partial charge in [-0.25, -0.2) is 4.79 Å². The van der Waals surface area contributed by atoms with Crippen molar-refractivity contribution >= 4 is 23.5 Å². The van der Waals surface area contributed by atoms with E-state index in [0.717, 1.165) is 19.3 Å². The number of aryl methyl sites for hydroxylation is 1. The van der Waals surface area contributed by atoms with Gasteiger partial charge in [-0.3, -0.25) is 9.59 Å². The number of methoxy groups -OCH3 is 1. The second-order valence-electron chi connectivity index (χ2n) is 11.9. The maximum Gasteiger partial charge on any atom is 0.328 e. The number of rotatable bonds is 5. The van der Waals surface area contributed by atoms with Crippen molar-refractivity contribution in [3.05, 3.63) is 77.5 Å². The first kappa shape index (κ1) is 36.3. The molecule has 0 saturated carbocycles. The van der Waals surface area contributed by atoms with Gasteiger partial charge in [0.15, 0.2) is 0 Å². The molecule has 3 rings (SSSR count). The minimum atomic E-state index is -0.949. The third kappa shape index (κ3) is 11.0. The molecule has 2 aliphatic rings. The number of phenols is 2. The lowest BCUT2D eigenvalue weighted by molar-refractivity contribution is -0.156. The van der Waals surface area contributed by atoms with E-state index in [-0.39, 0.29) is 29.5 Å². The smallest absolute Gasteiger partial charge is 0.328 e. The number of nitrogens with one attached hydrogen (secondary N) is 2. The van der Waals surface area contributed by atoms with Crippen LogP contribution in [0.25, 0.3) is 0 Å². The summed E-state index contributed by atoms with van der Waals surface area (Å²) in [7, 11) is 1.49. The Bertz CT molecular complexity index is 1380. The zero-order valence-electron chi connectivity index (χ0n) is 27.2. The van der Waals surface area contributed by atoms with Gasteiger partial charge in [0, 0.05) is 31.1 Å². The molecule has 0 spiro atoms. The van der Waals surface area contributed by atoms with Gasteiger partial charge in [0.1, 0.15) is 23.6 Å². The van der Waals surface area contributed by atoms with Crippen LogP contribution in [0.4, 0.5) is 5.69 Å². The average Bonchev–Trinajstić information content (AvgIpc) is 3.04. The Kier molecular flexibility index (Phi) is 14.3. The van der Waals surface area contributed by atoms with E-state index < -0.39 is 42.1 Å². The fourth-order valence-corrected chi connectivity index (χ4v) is 5.39. The standard InChI is InChI=1S/C36H48N2O8/c1-23-14-13-17-27-20-28(39)21-30(34(27)42)38-32(40)22-29(45-4)18-11-6-5-7-12-19-31(24(2)33(23)41)46-36(44)25(3)37-35(43)26-15-9-8-10-16-26/h5-7,11-12,14-15,18,20-21,24-25,29,31,33,39,41-42H,8-10,13,16-17,19,22H2,1-4H3,(H,37,43)(H,38,40)/b6-5+,12-7+,18-11+,23-14+/t24-,25-,29+,31+,33-/m1/s1. The van der Waals surface area contributed by atoms with E-state index in [0.29, 0.717) is 42.4 Å². The molecule has 250 valence electrons. The summed E-state index contributed by atoms with van der Waals surface area (Å²) >= 11 is 0. The van der Waals surface area contributed by atoms with E-state index in [1.165, 1.54) is 19.2 Å². The van der Waals surface area contributed by atoms with Crippen LogP contribution in [0.1, 0.15) is 71.3 Å². The molecule has 0 radical (unpaired) electrons. The highest BCUT2D eigenvalue weighted by Crippen LogP contribution is 2.34. The van der Waals surface area contributed by atoms with Gasteiger partial charge >= 0.3 is 5.97 Å². The fraction of sp³-hybridized carbons (Fsp3) is 0.472. The third-order valence-corrected chi connectivity index (χ3v) is 8.28. The Hall–Kier alpha value is -4.15. The summed E-state index contributed by atoms with van der Waals surface area (Å²) in [6.07, 6.45) is 16.8. The number of esters is 1. The highest BCUT2D eigenvalue weighted by atomic mass is 16.5. The SMILES string of the molecule is CO[C@H]1/C=C/C=C/C=C/C[C@H](OC(=O)[C@@H](C)NC(=O)C2=CCCCC2)[C@@H](C)[C@H](O)/C(C)=C/CCc2cc(O)cc(c2O)NC(=O)C1. The van der Waals surface area contributed by atoms with Crippen molar-refractivity contribution in [2.75, 3.05) is 12.4 Å². The summed E-state index contributed by atoms with van der Waals surface area (Å²) in [4.78, 5) is 38.5. The number of aromatic hydroxyl groups is 2. The highest BCUT2D eigenvalue weighted by molar-refractivity contribution is 5.96. The van der Waals surface area contributed by atoms with Crippen LogP contribution in [0.15, 0.2) is 71.9 Å². The number of aliphatic hydroxyl groups excluding tert-OH is 1. The molecule has 2 amide bonds. The number of hydrogen-bond donors (Lipinski definition) is 5. The van der Waals surface area contributed by atoms with Crippen molar-refractivity contribution in [3.63, 3.8) is 0 Å². The number of fused-ring (bicyclic) bond motifs is 2. The predicted molar refractivity (Wildman–Crippen MR) is 177 cm³/mol. The van der Waals surface area contributed by atoms with Crippen LogP contribution < -0.4 is 10.6 Å². The maximum absolute atomic E-state index is 13.1. The van der Waals surface area contributed by atoms with Gasteiger partial charge in [0.25, 0.3) is 0 Å². The Morgan fingerprint density at radius 1 is 1.04 bits per heavy atom. The first-order chi connectivity index (χ1) is 22.0. The van der Waals surface area contributed by atoms with E-state index in [1.54, 1.807) is 51.2 Å². The number of anilines is 1. The lowest BCUT2D eigenvalue weighted by Gasteiger charge is -2.29. The molecule has 46 heavy (non-hydrogen) atoms. The van der Waals surface area contributed by atoms with Crippen LogP contribution in [0.3, 0.4) is 0 Å². The van der Waals surface area contributed by atoms with Crippen LogP contribution in [-0.2, 0) is 30.3 Å². The summed E-state index contributed by atoms with van der Waals surface area (Å²) in [6.45, 7) is 5.17. The first-order valence-corrected chi connectivity index (χ1v) is 15.9. The monoisotopic (exact) mass is 636 g/mol. The molecule has 1 aromatic rings. The van der Waals surface area contributed by atoms with Gasteiger partial charge in [-0.1, -0.05) is 55.5 Å². The highest BCUT2D eigenvalue weighted by Gasteiger charge is 2.30. The number of benzene rings is 1. The van der Waals surface area contributed by atoms with E-state index in [2.05, 4.69) is 10.6 Å². The van der Waals surface area contributed by atoms with E-state index in [9.17, 15) is 29.7 Å². The van der Waals surface area contributed by atoms with Crippen LogP contribution in [0.5, 0.6) is 11.5 Å². The lowest BCUT2D eigenvalue weighted by Crippen LogP contribution is -2.43. The third-order valence-electron chi connectivity index (χ3n) is 8.28. The van der Waals surface area contributed by atoms with Gasteiger partial charge in [-0.05, 0) is 69.6 Å². The Balaban J connectivity index is 1.83. The molecule has 0 unspecified atom stereocenters. The van der Waals surface area contributed by atoms with Crippen LogP contribution in [0.2, 0.25) is 0 Å². The van der Waals surface area contributed by atoms with Gasteiger partial charge in [-0.15, -0.1) is 0 Å². The predicted octanol–water partition coefficient (Wildman–Crippen LogP) is 5.31. The zero-order chi connectivity index (χ0) is 33.6. The van der Waals surface area contributed by atoms with E-state index in [4.69, 9.17) is 9.47 Å². The number of carbonyl (C=O) groups is 3. The quantitative estimate of drug-likeness (QED) is 0.126. The normalized spacial score (nSPS) is 27.3. The summed E-state index contributed by atoms with van der Waals surface area (Å²) in [5, 5.41) is 37.7. The lowest BCUT2D eigenvalue weighted by atomic mass is 9.90. The molecule has 1 aliphatic carbocycles. The molecule has 5 N–H and O–H groups in total. The van der Waals surface area contributed by atoms with Gasteiger partial charge < -0.3 is 35.4 Å². The molecule has 2 bridgehead atoms. The number of ether oxygens (including phenoxy) is 2. The molecule has 0 fully saturated rings. The Morgan fingerprint density at radius 2 is 1.80 bits per heavy atom. The largest absolute Gasteiger partial charge is 0.508 e. The average molecular weight is 637 g/mol. The van der Waals surface area contributed by atoms with Crippen molar-refractivity contribution in [3.8, 4) is 11.5 Å². The molecular formula is C36H48N2O8. The molecule has 10 heteroatoms. The number of hydrogen-bond acceptors (Lipinski definition) is 8. The number of aliphatic hydroxyl groups is 1. The fourth-order valence-electron chi connectivity index (χ4n) is 5.39. The summed E-state index contributed by atoms with van der Waals surface area (Å²) in [5.74, 6) is -2.00. The first-order valence-electron chi connectivity index (χ1n) is 15.9. The minimum Gasteiger partial charge on any atom is -0.508 e. The van der Waals surface area contributed by atoms with Crippen LogP contribution >= 0.6 is 0 Å². The summed E-state index contributed by atoms with van der Waals surface area (Å²) in [6, 6.07) is 1.85. The van der Waals surface area contributed by atoms with Crippen molar-refractivity contribution in [2.45, 2.75) is 96.5 Å². The van der Waals surface area contributed by atoms with Crippen LogP contribution in [0, 0.1) is 5.92 Å². The molecule has 10 nitrogen and oxygen atoms in total. The molecule has 0 saturated heterocycles. The topological polar surface area (TPSA) is 154 Å². The van der Waals surface area contributed by atoms with Crippen LogP contribution in [-0.4, -0.2) is 64.6 Å². The Morgan fingerprint density at radius 3 is 2.52 bits per heavy atom. The molecule has 1 heterocycles. The molecule has 0 aromatic heterocycles. The van der Waals surface area contributed by atoms with Gasteiger partial charge in [0.2, 0.25) is 11.8 Å². The van der Waals surface area contributed by atoms with Gasteiger partial charge in [-0.2, -0.15) is 0 Å². The van der Waals surface area contributed by atoms with Crippen molar-refractivity contribution < 1.29 is 39.2 Å². The molecule has 1 aliphatic heterocycles. The van der Waals surface area contributed by atoms with E-state index >= 15 is 0 Å². The maximum atomic E-state index is 13.1. The summed E-state index contributed by atoms with van der Waals surface area (Å²) < 4.78 is 11.3. The number of carbonyl (C=O) groups excluding carboxylic acids is 3. The molecule has 5 atom stereocenters. The Labute approximate surface area is 271 Å². The minimum absolute atomic E-state index is 0.0116. The van der Waals surface area contributed by atoms with E-state index in [1.807, 2.05) is 18.2 Å². The molecule has 1 aromatic carbocycles. The zero-order valence-corrected chi connectivity index (χ0v) is 27.2. The second-order valence-corrected chi connectivity index (χ2v) is 11.9. The summed E-state index contributed by atoms with van der Waals surface area (Å²) in [5.41, 5.74) is 1.86. The van der Waals surface area contributed by atoms with Crippen molar-refractivity contribution in [1.29, 1.82) is 0 Å². The number of allylic oxidation sites excluding steroid dienone is 6. The molecular weight excluding hydrogens is 588 g/mol. The second kappa shape index (κ2) is 18.1.